The molecule has 3 nitrogen and oxygen atoms in total. The van der Waals surface area contributed by atoms with Gasteiger partial charge in [-0.25, -0.2) is 13.6 Å². The summed E-state index contributed by atoms with van der Waals surface area (Å²) in [7, 11) is 0. The Labute approximate surface area is 136 Å². The average molecular weight is 323 g/mol. The van der Waals surface area contributed by atoms with Crippen molar-refractivity contribution in [3.05, 3.63) is 89.2 Å². The highest BCUT2D eigenvalue weighted by Crippen LogP contribution is 2.20. The monoisotopic (exact) mass is 323 g/mol. The molecule has 3 aromatic rings. The Morgan fingerprint density at radius 1 is 0.958 bits per heavy atom. The maximum atomic E-state index is 13.2. The molecule has 0 atom stereocenters. The third-order valence-corrected chi connectivity index (χ3v) is 3.33. The summed E-state index contributed by atoms with van der Waals surface area (Å²) in [5.41, 5.74) is 1.10. The van der Waals surface area contributed by atoms with E-state index in [2.05, 4.69) is 11.8 Å². The molecular weight excluding hydrogens is 312 g/mol. The molecule has 3 rings (SSSR count). The van der Waals surface area contributed by atoms with Crippen molar-refractivity contribution >= 4 is 5.97 Å². The summed E-state index contributed by atoms with van der Waals surface area (Å²) in [5.74, 6) is 2.95. The molecule has 5 heteroatoms. The van der Waals surface area contributed by atoms with Gasteiger partial charge in [-0.05, 0) is 36.4 Å². The highest BCUT2D eigenvalue weighted by atomic mass is 19.1. The molecule has 0 radical (unpaired) electrons. The highest BCUT2D eigenvalue weighted by Gasteiger charge is 2.14. The topological polar surface area (TPSA) is 42.2 Å². The van der Waals surface area contributed by atoms with E-state index in [1.807, 2.05) is 0 Å². The van der Waals surface area contributed by atoms with Crippen LogP contribution in [0.5, 0.6) is 0 Å². The summed E-state index contributed by atoms with van der Waals surface area (Å²) >= 11 is 0. The summed E-state index contributed by atoms with van der Waals surface area (Å²) in [5, 5.41) is 9.39. The summed E-state index contributed by atoms with van der Waals surface area (Å²) in [6, 6.07) is 11.2. The smallest absolute Gasteiger partial charge is 0.337 e. The molecule has 118 valence electrons. The quantitative estimate of drug-likeness (QED) is 0.728. The van der Waals surface area contributed by atoms with Crippen molar-refractivity contribution in [2.24, 2.45) is 0 Å². The first-order valence-electron chi connectivity index (χ1n) is 7.02. The van der Waals surface area contributed by atoms with Crippen LogP contribution >= 0.6 is 0 Å². The maximum absolute atomic E-state index is 13.2. The van der Waals surface area contributed by atoms with Crippen LogP contribution in [0.25, 0.3) is 5.69 Å². The minimum Gasteiger partial charge on any atom is -0.478 e. The number of hydrogen-bond donors (Lipinski definition) is 1. The molecule has 0 aliphatic rings. The number of para-hydroxylation sites is 1. The molecule has 0 saturated heterocycles. The van der Waals surface area contributed by atoms with Gasteiger partial charge in [-0.3, -0.25) is 0 Å². The van der Waals surface area contributed by atoms with Crippen LogP contribution in [0.4, 0.5) is 8.78 Å². The van der Waals surface area contributed by atoms with Gasteiger partial charge < -0.3 is 9.67 Å². The Morgan fingerprint density at radius 3 is 2.25 bits per heavy atom. The van der Waals surface area contributed by atoms with E-state index < -0.39 is 17.6 Å². The van der Waals surface area contributed by atoms with E-state index in [9.17, 15) is 18.7 Å². The summed E-state index contributed by atoms with van der Waals surface area (Å²) in [6.45, 7) is 0. The normalized spacial score (nSPS) is 10.1. The van der Waals surface area contributed by atoms with E-state index in [1.165, 1.54) is 6.07 Å². The minimum atomic E-state index is -1.08. The van der Waals surface area contributed by atoms with Gasteiger partial charge in [0.05, 0.1) is 11.3 Å². The molecule has 0 aliphatic heterocycles. The van der Waals surface area contributed by atoms with Gasteiger partial charge in [0.1, 0.15) is 11.6 Å². The van der Waals surface area contributed by atoms with Crippen LogP contribution in [0.2, 0.25) is 0 Å². The second-order valence-electron chi connectivity index (χ2n) is 5.01. The number of aromatic carboxylic acids is 1. The minimum absolute atomic E-state index is 0.0865. The molecule has 0 saturated carbocycles. The molecule has 1 heterocycles. The number of nitrogens with zero attached hydrogens (tertiary/aromatic N) is 1. The first-order valence-corrected chi connectivity index (χ1v) is 7.02. The lowest BCUT2D eigenvalue weighted by Gasteiger charge is -2.10. The number of rotatable bonds is 2. The third-order valence-electron chi connectivity index (χ3n) is 3.33. The molecule has 24 heavy (non-hydrogen) atoms. The SMILES string of the molecule is O=C(O)c1cccc(C#Cc2cc(F)cc(F)c2)c1-n1cccc1. The van der Waals surface area contributed by atoms with Gasteiger partial charge in [-0.15, -0.1) is 0 Å². The number of benzene rings is 2. The van der Waals surface area contributed by atoms with Crippen LogP contribution in [0, 0.1) is 23.5 Å². The Hall–Kier alpha value is -3.39. The van der Waals surface area contributed by atoms with Gasteiger partial charge in [-0.1, -0.05) is 17.9 Å². The van der Waals surface area contributed by atoms with Crippen molar-refractivity contribution in [3.8, 4) is 17.5 Å². The van der Waals surface area contributed by atoms with Gasteiger partial charge in [0, 0.05) is 29.6 Å². The zero-order valence-corrected chi connectivity index (χ0v) is 12.3. The second-order valence-corrected chi connectivity index (χ2v) is 5.01. The lowest BCUT2D eigenvalue weighted by Crippen LogP contribution is -2.06. The zero-order chi connectivity index (χ0) is 17.1. The highest BCUT2D eigenvalue weighted by molar-refractivity contribution is 5.93. The van der Waals surface area contributed by atoms with Crippen molar-refractivity contribution in [1.82, 2.24) is 4.57 Å². The fourth-order valence-electron chi connectivity index (χ4n) is 2.34. The fourth-order valence-corrected chi connectivity index (χ4v) is 2.34. The Kier molecular flexibility index (Phi) is 4.13. The van der Waals surface area contributed by atoms with Crippen molar-refractivity contribution < 1.29 is 18.7 Å². The van der Waals surface area contributed by atoms with E-state index >= 15 is 0 Å². The molecule has 1 aromatic heterocycles. The van der Waals surface area contributed by atoms with Crippen molar-refractivity contribution in [2.75, 3.05) is 0 Å². The van der Waals surface area contributed by atoms with Crippen LogP contribution in [0.15, 0.2) is 60.9 Å². The van der Waals surface area contributed by atoms with Crippen LogP contribution in [-0.4, -0.2) is 15.6 Å². The molecule has 2 aromatic carbocycles. The largest absolute Gasteiger partial charge is 0.478 e. The predicted molar refractivity (Wildman–Crippen MR) is 85.1 cm³/mol. The molecule has 0 fully saturated rings. The molecule has 0 aliphatic carbocycles. The zero-order valence-electron chi connectivity index (χ0n) is 12.3. The van der Waals surface area contributed by atoms with Gasteiger partial charge in [0.2, 0.25) is 0 Å². The third kappa shape index (κ3) is 3.18. The molecular formula is C19H11F2NO2. The number of hydrogen-bond acceptors (Lipinski definition) is 1. The van der Waals surface area contributed by atoms with Gasteiger partial charge in [0.25, 0.3) is 0 Å². The molecule has 1 N–H and O–H groups in total. The van der Waals surface area contributed by atoms with Gasteiger partial charge in [0.15, 0.2) is 0 Å². The van der Waals surface area contributed by atoms with Crippen molar-refractivity contribution in [1.29, 1.82) is 0 Å². The van der Waals surface area contributed by atoms with Crippen molar-refractivity contribution in [2.45, 2.75) is 0 Å². The fraction of sp³-hybridized carbons (Fsp3) is 0. The van der Waals surface area contributed by atoms with Crippen molar-refractivity contribution in [3.63, 3.8) is 0 Å². The summed E-state index contributed by atoms with van der Waals surface area (Å²) in [6.07, 6.45) is 3.41. The van der Waals surface area contributed by atoms with E-state index in [-0.39, 0.29) is 11.1 Å². The lowest BCUT2D eigenvalue weighted by atomic mass is 10.1. The van der Waals surface area contributed by atoms with E-state index in [4.69, 9.17) is 0 Å². The number of carbonyl (C=O) groups is 1. The Balaban J connectivity index is 2.14. The van der Waals surface area contributed by atoms with Crippen LogP contribution in [0.3, 0.4) is 0 Å². The van der Waals surface area contributed by atoms with E-state index in [0.717, 1.165) is 18.2 Å². The average Bonchev–Trinajstić information content (AvgIpc) is 3.05. The van der Waals surface area contributed by atoms with Crippen LogP contribution < -0.4 is 0 Å². The Bertz CT molecular complexity index is 947. The maximum Gasteiger partial charge on any atom is 0.337 e. The van der Waals surface area contributed by atoms with E-state index in [1.54, 1.807) is 41.2 Å². The van der Waals surface area contributed by atoms with Gasteiger partial charge >= 0.3 is 5.97 Å². The molecule has 0 unspecified atom stereocenters. The predicted octanol–water partition coefficient (Wildman–Crippen LogP) is 3.85. The first-order chi connectivity index (χ1) is 11.5. The van der Waals surface area contributed by atoms with E-state index in [0.29, 0.717) is 11.3 Å². The Morgan fingerprint density at radius 2 is 1.62 bits per heavy atom. The number of carboxylic acids is 1. The lowest BCUT2D eigenvalue weighted by molar-refractivity contribution is 0.0697. The second kappa shape index (κ2) is 6.39. The number of halogens is 2. The first kappa shape index (κ1) is 15.5. The standard InChI is InChI=1S/C19H11F2NO2/c20-15-10-13(11-16(21)12-15)6-7-14-4-3-5-17(19(23)24)18(14)22-8-1-2-9-22/h1-5,8-12H,(H,23,24). The van der Waals surface area contributed by atoms with Crippen LogP contribution in [0.1, 0.15) is 21.5 Å². The molecule has 0 spiro atoms. The number of carboxylic acid groups (broad SMARTS) is 1. The molecule has 0 amide bonds. The summed E-state index contributed by atoms with van der Waals surface area (Å²) < 4.78 is 28.1. The van der Waals surface area contributed by atoms with Crippen LogP contribution in [-0.2, 0) is 0 Å². The van der Waals surface area contributed by atoms with Gasteiger partial charge in [-0.2, -0.15) is 0 Å². The molecule has 0 bridgehead atoms. The number of aromatic nitrogens is 1. The summed E-state index contributed by atoms with van der Waals surface area (Å²) in [4.78, 5) is 11.5.